The Kier molecular flexibility index (Phi) is 3.00. The molecule has 1 saturated carbocycles. The van der Waals surface area contributed by atoms with E-state index in [4.69, 9.17) is 0 Å². The van der Waals surface area contributed by atoms with Gasteiger partial charge < -0.3 is 10.4 Å². The molecule has 0 saturated heterocycles. The van der Waals surface area contributed by atoms with E-state index >= 15 is 0 Å². The van der Waals surface area contributed by atoms with Crippen molar-refractivity contribution in [3.63, 3.8) is 0 Å². The van der Waals surface area contributed by atoms with E-state index in [1.54, 1.807) is 0 Å². The molecule has 1 aliphatic rings. The van der Waals surface area contributed by atoms with Crippen molar-refractivity contribution in [3.05, 3.63) is 29.6 Å². The van der Waals surface area contributed by atoms with E-state index < -0.39 is 0 Å². The normalized spacial score (nSPS) is 27.5. The van der Waals surface area contributed by atoms with Crippen LogP contribution in [-0.2, 0) is 6.54 Å². The molecule has 3 heteroatoms. The SMILES string of the molecule is Cc1cccnc1CNC1CC(O)C1(C)C. The lowest BCUT2D eigenvalue weighted by Crippen LogP contribution is -2.59. The number of hydrogen-bond donors (Lipinski definition) is 2. The van der Waals surface area contributed by atoms with Crippen molar-refractivity contribution in [1.82, 2.24) is 10.3 Å². The first-order valence-electron chi connectivity index (χ1n) is 5.83. The van der Waals surface area contributed by atoms with Crippen LogP contribution < -0.4 is 5.32 Å². The molecule has 88 valence electrons. The van der Waals surface area contributed by atoms with Gasteiger partial charge in [0, 0.05) is 24.2 Å². The predicted molar refractivity (Wildman–Crippen MR) is 64.0 cm³/mol. The highest BCUT2D eigenvalue weighted by Crippen LogP contribution is 2.40. The van der Waals surface area contributed by atoms with E-state index in [1.165, 1.54) is 5.56 Å². The summed E-state index contributed by atoms with van der Waals surface area (Å²) in [4.78, 5) is 4.35. The summed E-state index contributed by atoms with van der Waals surface area (Å²) in [5, 5.41) is 13.1. The van der Waals surface area contributed by atoms with Gasteiger partial charge in [0.1, 0.15) is 0 Å². The number of nitrogens with zero attached hydrogens (tertiary/aromatic N) is 1. The number of hydrogen-bond acceptors (Lipinski definition) is 3. The smallest absolute Gasteiger partial charge is 0.0621 e. The zero-order valence-corrected chi connectivity index (χ0v) is 10.2. The molecule has 0 radical (unpaired) electrons. The van der Waals surface area contributed by atoms with Crippen molar-refractivity contribution in [2.75, 3.05) is 0 Å². The standard InChI is InChI=1S/C13H20N2O/c1-9-5-4-6-14-10(9)8-15-11-7-12(16)13(11,2)3/h4-6,11-12,15-16H,7-8H2,1-3H3. The minimum absolute atomic E-state index is 0.0112. The molecule has 0 bridgehead atoms. The number of aromatic nitrogens is 1. The Hall–Kier alpha value is -0.930. The lowest BCUT2D eigenvalue weighted by atomic mass is 9.64. The maximum atomic E-state index is 9.64. The monoisotopic (exact) mass is 220 g/mol. The number of aliphatic hydroxyl groups is 1. The van der Waals surface area contributed by atoms with Crippen LogP contribution in [0, 0.1) is 12.3 Å². The van der Waals surface area contributed by atoms with Crippen molar-refractivity contribution < 1.29 is 5.11 Å². The lowest BCUT2D eigenvalue weighted by Gasteiger charge is -2.49. The molecule has 0 amide bonds. The minimum Gasteiger partial charge on any atom is -0.392 e. The van der Waals surface area contributed by atoms with Crippen LogP contribution in [0.4, 0.5) is 0 Å². The minimum atomic E-state index is -0.171. The van der Waals surface area contributed by atoms with Gasteiger partial charge in [-0.15, -0.1) is 0 Å². The van der Waals surface area contributed by atoms with Crippen LogP contribution in [0.3, 0.4) is 0 Å². The molecule has 0 aromatic carbocycles. The largest absolute Gasteiger partial charge is 0.392 e. The van der Waals surface area contributed by atoms with Crippen molar-refractivity contribution in [1.29, 1.82) is 0 Å². The highest BCUT2D eigenvalue weighted by atomic mass is 16.3. The Morgan fingerprint density at radius 2 is 2.31 bits per heavy atom. The molecular formula is C13H20N2O. The van der Waals surface area contributed by atoms with Crippen LogP contribution in [0.5, 0.6) is 0 Å². The van der Waals surface area contributed by atoms with Crippen molar-refractivity contribution >= 4 is 0 Å². The molecule has 0 spiro atoms. The molecule has 2 N–H and O–H groups in total. The van der Waals surface area contributed by atoms with Crippen LogP contribution in [0.25, 0.3) is 0 Å². The van der Waals surface area contributed by atoms with Gasteiger partial charge in [-0.25, -0.2) is 0 Å². The summed E-state index contributed by atoms with van der Waals surface area (Å²) in [6.45, 7) is 7.06. The highest BCUT2D eigenvalue weighted by Gasteiger charge is 2.46. The van der Waals surface area contributed by atoms with Gasteiger partial charge in [0.05, 0.1) is 11.8 Å². The van der Waals surface area contributed by atoms with E-state index in [-0.39, 0.29) is 11.5 Å². The van der Waals surface area contributed by atoms with Gasteiger partial charge in [-0.2, -0.15) is 0 Å². The van der Waals surface area contributed by atoms with Gasteiger partial charge in [-0.3, -0.25) is 4.98 Å². The average Bonchev–Trinajstić information content (AvgIpc) is 2.26. The summed E-state index contributed by atoms with van der Waals surface area (Å²) in [6.07, 6.45) is 2.50. The Morgan fingerprint density at radius 3 is 2.88 bits per heavy atom. The third-order valence-electron chi connectivity index (χ3n) is 3.85. The highest BCUT2D eigenvalue weighted by molar-refractivity contribution is 5.17. The van der Waals surface area contributed by atoms with E-state index in [2.05, 4.69) is 37.1 Å². The van der Waals surface area contributed by atoms with E-state index in [1.807, 2.05) is 12.3 Å². The molecule has 3 nitrogen and oxygen atoms in total. The summed E-state index contributed by atoms with van der Waals surface area (Å²) in [5.41, 5.74) is 2.30. The summed E-state index contributed by atoms with van der Waals surface area (Å²) in [6, 6.07) is 4.42. The van der Waals surface area contributed by atoms with Gasteiger partial charge >= 0.3 is 0 Å². The number of pyridine rings is 1. The quantitative estimate of drug-likeness (QED) is 0.814. The van der Waals surface area contributed by atoms with Crippen LogP contribution in [-0.4, -0.2) is 22.2 Å². The molecule has 1 heterocycles. The molecule has 2 atom stereocenters. The predicted octanol–water partition coefficient (Wildman–Crippen LogP) is 1.64. The number of nitrogens with one attached hydrogen (secondary N) is 1. The molecule has 0 aliphatic heterocycles. The fraction of sp³-hybridized carbons (Fsp3) is 0.615. The van der Waals surface area contributed by atoms with Gasteiger partial charge in [0.25, 0.3) is 0 Å². The molecule has 1 fully saturated rings. The fourth-order valence-electron chi connectivity index (χ4n) is 2.17. The Bertz CT molecular complexity index is 376. The number of aliphatic hydroxyl groups excluding tert-OH is 1. The van der Waals surface area contributed by atoms with Crippen molar-refractivity contribution in [3.8, 4) is 0 Å². The second kappa shape index (κ2) is 4.15. The third kappa shape index (κ3) is 1.97. The van der Waals surface area contributed by atoms with E-state index in [0.29, 0.717) is 6.04 Å². The third-order valence-corrected chi connectivity index (χ3v) is 3.85. The van der Waals surface area contributed by atoms with Gasteiger partial charge in [-0.1, -0.05) is 19.9 Å². The second-order valence-electron chi connectivity index (χ2n) is 5.27. The summed E-state index contributed by atoms with van der Waals surface area (Å²) >= 11 is 0. The van der Waals surface area contributed by atoms with Crippen LogP contribution in [0.1, 0.15) is 31.5 Å². The summed E-state index contributed by atoms with van der Waals surface area (Å²) < 4.78 is 0. The van der Waals surface area contributed by atoms with Crippen molar-refractivity contribution in [2.45, 2.75) is 45.9 Å². The lowest BCUT2D eigenvalue weighted by molar-refractivity contribution is -0.0730. The zero-order valence-electron chi connectivity index (χ0n) is 10.2. The van der Waals surface area contributed by atoms with Gasteiger partial charge in [0.2, 0.25) is 0 Å². The molecule has 1 aromatic heterocycles. The number of rotatable bonds is 3. The molecule has 2 unspecified atom stereocenters. The zero-order chi connectivity index (χ0) is 11.8. The van der Waals surface area contributed by atoms with E-state index in [0.717, 1.165) is 18.7 Å². The first-order chi connectivity index (χ1) is 7.51. The Morgan fingerprint density at radius 1 is 1.56 bits per heavy atom. The average molecular weight is 220 g/mol. The summed E-state index contributed by atoms with van der Waals surface area (Å²) in [7, 11) is 0. The first-order valence-corrected chi connectivity index (χ1v) is 5.83. The Balaban J connectivity index is 1.92. The van der Waals surface area contributed by atoms with Crippen molar-refractivity contribution in [2.24, 2.45) is 5.41 Å². The van der Waals surface area contributed by atoms with Crippen LogP contribution >= 0.6 is 0 Å². The fourth-order valence-corrected chi connectivity index (χ4v) is 2.17. The maximum absolute atomic E-state index is 9.64. The molecule has 16 heavy (non-hydrogen) atoms. The number of aryl methyl sites for hydroxylation is 1. The molecule has 1 aromatic rings. The Labute approximate surface area is 96.9 Å². The van der Waals surface area contributed by atoms with Crippen LogP contribution in [0.2, 0.25) is 0 Å². The summed E-state index contributed by atoms with van der Waals surface area (Å²) in [5.74, 6) is 0. The van der Waals surface area contributed by atoms with Crippen LogP contribution in [0.15, 0.2) is 18.3 Å². The topological polar surface area (TPSA) is 45.2 Å². The molecular weight excluding hydrogens is 200 g/mol. The molecule has 2 rings (SSSR count). The first kappa shape index (κ1) is 11.6. The van der Waals surface area contributed by atoms with Gasteiger partial charge in [-0.05, 0) is 25.0 Å². The van der Waals surface area contributed by atoms with E-state index in [9.17, 15) is 5.11 Å². The maximum Gasteiger partial charge on any atom is 0.0621 e. The second-order valence-corrected chi connectivity index (χ2v) is 5.27. The molecule has 1 aliphatic carbocycles. The van der Waals surface area contributed by atoms with Gasteiger partial charge in [0.15, 0.2) is 0 Å².